The molecule has 1 aromatic heterocycles. The van der Waals surface area contributed by atoms with Crippen LogP contribution < -0.4 is 5.32 Å². The molecule has 0 aromatic carbocycles. The highest BCUT2D eigenvalue weighted by atomic mass is 16.2. The van der Waals surface area contributed by atoms with Crippen molar-refractivity contribution in [3.63, 3.8) is 0 Å². The third kappa shape index (κ3) is 2.53. The lowest BCUT2D eigenvalue weighted by Gasteiger charge is -2.42. The fraction of sp³-hybridized carbons (Fsp3) is 0.533. The average Bonchev–Trinajstić information content (AvgIpc) is 2.43. The van der Waals surface area contributed by atoms with Gasteiger partial charge in [-0.1, -0.05) is 19.9 Å². The van der Waals surface area contributed by atoms with Gasteiger partial charge in [0.25, 0.3) is 0 Å². The quantitative estimate of drug-likeness (QED) is 0.909. The third-order valence-electron chi connectivity index (χ3n) is 3.87. The van der Waals surface area contributed by atoms with Crippen LogP contribution >= 0.6 is 0 Å². The molecule has 1 fully saturated rings. The van der Waals surface area contributed by atoms with Gasteiger partial charge < -0.3 is 10.2 Å². The molecule has 0 radical (unpaired) electrons. The van der Waals surface area contributed by atoms with E-state index < -0.39 is 12.1 Å². The van der Waals surface area contributed by atoms with Crippen LogP contribution in [0.3, 0.4) is 0 Å². The van der Waals surface area contributed by atoms with Crippen molar-refractivity contribution in [1.29, 1.82) is 0 Å². The summed E-state index contributed by atoms with van der Waals surface area (Å²) in [6.45, 7) is 7.57. The van der Waals surface area contributed by atoms with Crippen molar-refractivity contribution in [2.24, 2.45) is 5.92 Å². The molecular weight excluding hydrogens is 254 g/mol. The molecule has 0 aliphatic carbocycles. The molecule has 1 saturated heterocycles. The standard InChI is InChI=1S/C15H21N3O2/c1-9(2)13-15(20)18(11(4)14(19)17-13)10(3)12-6-5-7-16-8-12/h5-11,13H,1-4H3,(H,17,19). The predicted molar refractivity (Wildman–Crippen MR) is 75.7 cm³/mol. The van der Waals surface area contributed by atoms with E-state index in [-0.39, 0.29) is 23.8 Å². The largest absolute Gasteiger partial charge is 0.342 e. The van der Waals surface area contributed by atoms with Gasteiger partial charge in [0, 0.05) is 12.4 Å². The second kappa shape index (κ2) is 5.61. The highest BCUT2D eigenvalue weighted by molar-refractivity contribution is 5.97. The van der Waals surface area contributed by atoms with Gasteiger partial charge in [-0.2, -0.15) is 0 Å². The van der Waals surface area contributed by atoms with E-state index in [0.717, 1.165) is 5.56 Å². The number of pyridine rings is 1. The molecule has 2 rings (SSSR count). The highest BCUT2D eigenvalue weighted by Gasteiger charge is 2.41. The lowest BCUT2D eigenvalue weighted by atomic mass is 9.95. The van der Waals surface area contributed by atoms with Crippen molar-refractivity contribution in [2.75, 3.05) is 0 Å². The summed E-state index contributed by atoms with van der Waals surface area (Å²) in [5, 5.41) is 2.81. The molecule has 2 amide bonds. The van der Waals surface area contributed by atoms with Crippen molar-refractivity contribution in [2.45, 2.75) is 45.8 Å². The van der Waals surface area contributed by atoms with E-state index in [1.807, 2.05) is 32.9 Å². The van der Waals surface area contributed by atoms with Crippen molar-refractivity contribution >= 4 is 11.8 Å². The molecule has 1 aliphatic heterocycles. The maximum absolute atomic E-state index is 12.6. The number of rotatable bonds is 3. The average molecular weight is 275 g/mol. The second-order valence-electron chi connectivity index (χ2n) is 5.61. The summed E-state index contributed by atoms with van der Waals surface area (Å²) in [6, 6.07) is 2.68. The van der Waals surface area contributed by atoms with Gasteiger partial charge in [-0.3, -0.25) is 14.6 Å². The Morgan fingerprint density at radius 3 is 2.55 bits per heavy atom. The summed E-state index contributed by atoms with van der Waals surface area (Å²) in [6.07, 6.45) is 3.43. The minimum absolute atomic E-state index is 0.0246. The summed E-state index contributed by atoms with van der Waals surface area (Å²) in [4.78, 5) is 30.5. The molecule has 1 aromatic rings. The third-order valence-corrected chi connectivity index (χ3v) is 3.87. The summed E-state index contributed by atoms with van der Waals surface area (Å²) >= 11 is 0. The first kappa shape index (κ1) is 14.5. The predicted octanol–water partition coefficient (Wildman–Crippen LogP) is 1.51. The molecule has 5 heteroatoms. The number of piperazine rings is 1. The first-order valence-electron chi connectivity index (χ1n) is 6.96. The molecule has 0 spiro atoms. The number of aromatic nitrogens is 1. The van der Waals surface area contributed by atoms with Crippen LogP contribution in [-0.2, 0) is 9.59 Å². The smallest absolute Gasteiger partial charge is 0.246 e. The van der Waals surface area contributed by atoms with E-state index in [9.17, 15) is 9.59 Å². The van der Waals surface area contributed by atoms with Crippen LogP contribution in [0.25, 0.3) is 0 Å². The molecule has 3 atom stereocenters. The Morgan fingerprint density at radius 2 is 2.00 bits per heavy atom. The highest BCUT2D eigenvalue weighted by Crippen LogP contribution is 2.26. The number of hydrogen-bond acceptors (Lipinski definition) is 3. The van der Waals surface area contributed by atoms with Gasteiger partial charge in [-0.05, 0) is 31.4 Å². The maximum Gasteiger partial charge on any atom is 0.246 e. The minimum Gasteiger partial charge on any atom is -0.342 e. The second-order valence-corrected chi connectivity index (χ2v) is 5.61. The van der Waals surface area contributed by atoms with Gasteiger partial charge in [-0.15, -0.1) is 0 Å². The minimum atomic E-state index is -0.465. The van der Waals surface area contributed by atoms with Gasteiger partial charge in [-0.25, -0.2) is 0 Å². The van der Waals surface area contributed by atoms with Crippen molar-refractivity contribution in [3.8, 4) is 0 Å². The molecule has 0 saturated carbocycles. The van der Waals surface area contributed by atoms with E-state index in [0.29, 0.717) is 0 Å². The molecule has 1 aliphatic rings. The lowest BCUT2D eigenvalue weighted by Crippen LogP contribution is -2.64. The Morgan fingerprint density at radius 1 is 1.30 bits per heavy atom. The SMILES string of the molecule is CC(C)C1NC(=O)C(C)N(C(C)c2cccnc2)C1=O. The number of hydrogen-bond donors (Lipinski definition) is 1. The van der Waals surface area contributed by atoms with Crippen LogP contribution in [0.1, 0.15) is 39.3 Å². The van der Waals surface area contributed by atoms with Crippen molar-refractivity contribution in [1.82, 2.24) is 15.2 Å². The van der Waals surface area contributed by atoms with E-state index in [1.165, 1.54) is 0 Å². The molecule has 108 valence electrons. The Balaban J connectivity index is 2.32. The van der Waals surface area contributed by atoms with Crippen molar-refractivity contribution in [3.05, 3.63) is 30.1 Å². The Labute approximate surface area is 119 Å². The molecule has 5 nitrogen and oxygen atoms in total. The first-order chi connectivity index (χ1) is 9.43. The number of carbonyl (C=O) groups excluding carboxylic acids is 2. The molecule has 2 heterocycles. The van der Waals surface area contributed by atoms with Crippen LogP contribution in [0, 0.1) is 5.92 Å². The summed E-state index contributed by atoms with van der Waals surface area (Å²) < 4.78 is 0. The fourth-order valence-electron chi connectivity index (χ4n) is 2.58. The molecule has 20 heavy (non-hydrogen) atoms. The zero-order valence-corrected chi connectivity index (χ0v) is 12.3. The summed E-state index contributed by atoms with van der Waals surface area (Å²) in [5.41, 5.74) is 0.935. The monoisotopic (exact) mass is 275 g/mol. The van der Waals surface area contributed by atoms with E-state index in [2.05, 4.69) is 10.3 Å². The fourth-order valence-corrected chi connectivity index (χ4v) is 2.58. The Hall–Kier alpha value is -1.91. The Bertz CT molecular complexity index is 501. The molecule has 3 unspecified atom stereocenters. The normalized spacial score (nSPS) is 24.8. The maximum atomic E-state index is 12.6. The van der Waals surface area contributed by atoms with Gasteiger partial charge in [0.05, 0.1) is 6.04 Å². The van der Waals surface area contributed by atoms with Gasteiger partial charge >= 0.3 is 0 Å². The zero-order valence-electron chi connectivity index (χ0n) is 12.3. The van der Waals surface area contributed by atoms with E-state index in [1.54, 1.807) is 24.2 Å². The van der Waals surface area contributed by atoms with Crippen LogP contribution in [0.15, 0.2) is 24.5 Å². The number of amides is 2. The van der Waals surface area contributed by atoms with Crippen LogP contribution in [0.5, 0.6) is 0 Å². The van der Waals surface area contributed by atoms with E-state index >= 15 is 0 Å². The van der Waals surface area contributed by atoms with Gasteiger partial charge in [0.2, 0.25) is 11.8 Å². The lowest BCUT2D eigenvalue weighted by molar-refractivity contribution is -0.152. The zero-order chi connectivity index (χ0) is 14.9. The number of nitrogens with one attached hydrogen (secondary N) is 1. The molecule has 1 N–H and O–H groups in total. The van der Waals surface area contributed by atoms with Crippen LogP contribution in [-0.4, -0.2) is 33.8 Å². The van der Waals surface area contributed by atoms with Crippen LogP contribution in [0.2, 0.25) is 0 Å². The van der Waals surface area contributed by atoms with Gasteiger partial charge in [0.1, 0.15) is 12.1 Å². The summed E-state index contributed by atoms with van der Waals surface area (Å²) in [7, 11) is 0. The molecular formula is C15H21N3O2. The number of carbonyl (C=O) groups is 2. The number of nitrogens with zero attached hydrogens (tertiary/aromatic N) is 2. The van der Waals surface area contributed by atoms with Crippen LogP contribution in [0.4, 0.5) is 0 Å². The Kier molecular flexibility index (Phi) is 4.06. The topological polar surface area (TPSA) is 62.3 Å². The van der Waals surface area contributed by atoms with Gasteiger partial charge in [0.15, 0.2) is 0 Å². The van der Waals surface area contributed by atoms with E-state index in [4.69, 9.17) is 0 Å². The summed E-state index contributed by atoms with van der Waals surface area (Å²) in [5.74, 6) is -0.0509. The molecule has 0 bridgehead atoms. The van der Waals surface area contributed by atoms with Crippen molar-refractivity contribution < 1.29 is 9.59 Å². The first-order valence-corrected chi connectivity index (χ1v) is 6.96.